The lowest BCUT2D eigenvalue weighted by atomic mass is 9.86. The molecule has 5 unspecified atom stereocenters. The van der Waals surface area contributed by atoms with Crippen LogP contribution in [0, 0.1) is 5.92 Å². The molecule has 0 bridgehead atoms. The number of rotatable bonds is 5. The molecule has 3 aliphatic rings. The summed E-state index contributed by atoms with van der Waals surface area (Å²) >= 11 is 6.29. The molecular formula is C19H30ClF3N2O4S. The lowest BCUT2D eigenvalue weighted by molar-refractivity contribution is -0.127. The van der Waals surface area contributed by atoms with Gasteiger partial charge in [0.15, 0.2) is 6.17 Å². The van der Waals surface area contributed by atoms with Gasteiger partial charge in [-0.2, -0.15) is 0 Å². The van der Waals surface area contributed by atoms with Gasteiger partial charge in [0.1, 0.15) is 12.3 Å². The molecule has 0 spiro atoms. The highest BCUT2D eigenvalue weighted by Gasteiger charge is 2.43. The van der Waals surface area contributed by atoms with Crippen molar-refractivity contribution in [2.75, 3.05) is 0 Å². The zero-order valence-electron chi connectivity index (χ0n) is 16.7. The maximum absolute atomic E-state index is 13.6. The SMILES string of the molecule is O=C(NC1CC(F)C(F)C(F)C1)C1CCC(Cl)C(S(=O)(=O)NC2CCC(O)CC2)C1. The van der Waals surface area contributed by atoms with Crippen LogP contribution in [0.4, 0.5) is 13.2 Å². The standard InChI is InChI=1S/C19H30ClF3N2O4S/c20-14-6-1-10(19(27)24-12-8-15(21)18(23)16(22)9-12)7-17(14)30(28,29)25-11-2-4-13(26)5-3-11/h10-18,25-26H,1-9H2,(H,24,27). The van der Waals surface area contributed by atoms with Crippen LogP contribution in [0.15, 0.2) is 0 Å². The Balaban J connectivity index is 1.58. The first-order valence-electron chi connectivity index (χ1n) is 10.6. The number of carbonyl (C=O) groups excluding carboxylic acids is 1. The molecule has 0 radical (unpaired) electrons. The topological polar surface area (TPSA) is 95.5 Å². The van der Waals surface area contributed by atoms with Gasteiger partial charge in [-0.05, 0) is 44.9 Å². The van der Waals surface area contributed by atoms with Crippen molar-refractivity contribution in [3.05, 3.63) is 0 Å². The highest BCUT2D eigenvalue weighted by Crippen LogP contribution is 2.34. The lowest BCUT2D eigenvalue weighted by Gasteiger charge is -2.36. The van der Waals surface area contributed by atoms with Crippen molar-refractivity contribution in [2.45, 2.75) is 105 Å². The molecule has 6 nitrogen and oxygen atoms in total. The van der Waals surface area contributed by atoms with Crippen LogP contribution in [0.2, 0.25) is 0 Å². The fraction of sp³-hybridized carbons (Fsp3) is 0.947. The van der Waals surface area contributed by atoms with Crippen LogP contribution in [-0.2, 0) is 14.8 Å². The summed E-state index contributed by atoms with van der Waals surface area (Å²) in [6.07, 6.45) is -4.27. The molecule has 3 saturated carbocycles. The predicted octanol–water partition coefficient (Wildman–Crippen LogP) is 2.28. The maximum Gasteiger partial charge on any atom is 0.223 e. The number of carbonyl (C=O) groups is 1. The van der Waals surface area contributed by atoms with Gasteiger partial charge in [-0.1, -0.05) is 0 Å². The summed E-state index contributed by atoms with van der Waals surface area (Å²) < 4.78 is 69.0. The van der Waals surface area contributed by atoms with E-state index in [1.807, 2.05) is 0 Å². The average molecular weight is 475 g/mol. The molecule has 0 saturated heterocycles. The van der Waals surface area contributed by atoms with Crippen molar-refractivity contribution in [2.24, 2.45) is 5.92 Å². The lowest BCUT2D eigenvalue weighted by Crippen LogP contribution is -2.52. The molecule has 0 aromatic rings. The van der Waals surface area contributed by atoms with Gasteiger partial charge in [0.05, 0.1) is 16.7 Å². The largest absolute Gasteiger partial charge is 0.393 e. The molecule has 5 atom stereocenters. The Bertz CT molecular complexity index is 696. The van der Waals surface area contributed by atoms with Gasteiger partial charge in [0.2, 0.25) is 15.9 Å². The van der Waals surface area contributed by atoms with Crippen molar-refractivity contribution < 1.29 is 31.5 Å². The number of aliphatic hydroxyl groups is 1. The summed E-state index contributed by atoms with van der Waals surface area (Å²) in [4.78, 5) is 12.6. The number of amides is 1. The van der Waals surface area contributed by atoms with Crippen molar-refractivity contribution in [1.82, 2.24) is 10.0 Å². The van der Waals surface area contributed by atoms with Crippen LogP contribution >= 0.6 is 11.6 Å². The zero-order valence-corrected chi connectivity index (χ0v) is 18.2. The number of hydrogen-bond acceptors (Lipinski definition) is 4. The smallest absolute Gasteiger partial charge is 0.223 e. The number of aliphatic hydroxyl groups excluding tert-OH is 1. The third-order valence-corrected chi connectivity index (χ3v) is 9.22. The van der Waals surface area contributed by atoms with E-state index in [0.717, 1.165) is 0 Å². The van der Waals surface area contributed by atoms with E-state index in [2.05, 4.69) is 10.0 Å². The Labute approximate surface area is 180 Å². The second-order valence-electron chi connectivity index (χ2n) is 8.89. The average Bonchev–Trinajstić information content (AvgIpc) is 2.67. The van der Waals surface area contributed by atoms with E-state index < -0.39 is 63.1 Å². The van der Waals surface area contributed by atoms with Crippen LogP contribution in [0.25, 0.3) is 0 Å². The summed E-state index contributed by atoms with van der Waals surface area (Å²) in [6.45, 7) is 0. The fourth-order valence-corrected chi connectivity index (χ4v) is 7.25. The molecule has 30 heavy (non-hydrogen) atoms. The van der Waals surface area contributed by atoms with Crippen LogP contribution in [0.5, 0.6) is 0 Å². The fourth-order valence-electron chi connectivity index (χ4n) is 4.73. The van der Waals surface area contributed by atoms with Gasteiger partial charge in [0.25, 0.3) is 0 Å². The first-order chi connectivity index (χ1) is 14.1. The van der Waals surface area contributed by atoms with Crippen molar-refractivity contribution in [1.29, 1.82) is 0 Å². The van der Waals surface area contributed by atoms with Gasteiger partial charge in [0, 0.05) is 30.8 Å². The van der Waals surface area contributed by atoms with Gasteiger partial charge in [-0.3, -0.25) is 4.79 Å². The number of hydrogen-bond donors (Lipinski definition) is 3. The number of nitrogens with one attached hydrogen (secondary N) is 2. The Hall–Kier alpha value is -0.580. The van der Waals surface area contributed by atoms with E-state index in [1.165, 1.54) is 0 Å². The molecule has 0 aliphatic heterocycles. The van der Waals surface area contributed by atoms with Crippen molar-refractivity contribution in [3.8, 4) is 0 Å². The van der Waals surface area contributed by atoms with Crippen molar-refractivity contribution >= 4 is 27.5 Å². The predicted molar refractivity (Wildman–Crippen MR) is 107 cm³/mol. The first-order valence-corrected chi connectivity index (χ1v) is 12.6. The van der Waals surface area contributed by atoms with E-state index in [0.29, 0.717) is 38.5 Å². The third-order valence-electron chi connectivity index (χ3n) is 6.56. The molecule has 3 rings (SSSR count). The monoisotopic (exact) mass is 474 g/mol. The molecule has 3 N–H and O–H groups in total. The van der Waals surface area contributed by atoms with Gasteiger partial charge in [-0.25, -0.2) is 26.3 Å². The second-order valence-corrected chi connectivity index (χ2v) is 11.4. The Morgan fingerprint density at radius 1 is 0.900 bits per heavy atom. The molecule has 0 aromatic heterocycles. The molecule has 3 aliphatic carbocycles. The van der Waals surface area contributed by atoms with Crippen LogP contribution in [0.3, 0.4) is 0 Å². The molecule has 0 heterocycles. The van der Waals surface area contributed by atoms with E-state index in [4.69, 9.17) is 11.6 Å². The molecule has 0 aromatic carbocycles. The van der Waals surface area contributed by atoms with Crippen LogP contribution < -0.4 is 10.0 Å². The van der Waals surface area contributed by atoms with Gasteiger partial charge in [-0.15, -0.1) is 11.6 Å². The quantitative estimate of drug-likeness (QED) is 0.533. The summed E-state index contributed by atoms with van der Waals surface area (Å²) in [5.41, 5.74) is 0. The van der Waals surface area contributed by atoms with Gasteiger partial charge >= 0.3 is 0 Å². The number of sulfonamides is 1. The highest BCUT2D eigenvalue weighted by molar-refractivity contribution is 7.90. The molecular weight excluding hydrogens is 445 g/mol. The summed E-state index contributed by atoms with van der Waals surface area (Å²) in [6, 6.07) is -1.08. The van der Waals surface area contributed by atoms with E-state index in [-0.39, 0.29) is 25.3 Å². The molecule has 1 amide bonds. The minimum atomic E-state index is -3.79. The second kappa shape index (κ2) is 9.92. The summed E-state index contributed by atoms with van der Waals surface area (Å²) in [5.74, 6) is -1.12. The maximum atomic E-state index is 13.6. The van der Waals surface area contributed by atoms with E-state index in [1.54, 1.807) is 0 Å². The van der Waals surface area contributed by atoms with Crippen LogP contribution in [-0.4, -0.2) is 66.8 Å². The normalized spacial score (nSPS) is 43.2. The Kier molecular flexibility index (Phi) is 7.96. The molecule has 11 heteroatoms. The van der Waals surface area contributed by atoms with E-state index >= 15 is 0 Å². The first kappa shape index (κ1) is 24.1. The Morgan fingerprint density at radius 3 is 2.10 bits per heavy atom. The Morgan fingerprint density at radius 2 is 1.50 bits per heavy atom. The summed E-state index contributed by atoms with van der Waals surface area (Å²) in [5, 5.41) is 10.6. The van der Waals surface area contributed by atoms with Crippen LogP contribution in [0.1, 0.15) is 57.8 Å². The minimum Gasteiger partial charge on any atom is -0.393 e. The zero-order chi connectivity index (χ0) is 22.1. The van der Waals surface area contributed by atoms with Crippen molar-refractivity contribution in [3.63, 3.8) is 0 Å². The third kappa shape index (κ3) is 5.81. The van der Waals surface area contributed by atoms with Gasteiger partial charge < -0.3 is 10.4 Å². The van der Waals surface area contributed by atoms with E-state index in [9.17, 15) is 31.5 Å². The minimum absolute atomic E-state index is 0.0151. The molecule has 174 valence electrons. The highest BCUT2D eigenvalue weighted by atomic mass is 35.5. The summed E-state index contributed by atoms with van der Waals surface area (Å²) in [7, 11) is -3.79. The number of alkyl halides is 4. The number of halogens is 4. The molecule has 3 fully saturated rings.